The SMILES string of the molecule is Cc1ccc2oc(C(=O)c3sccc3Br)cc2c1. The van der Waals surface area contributed by atoms with Crippen molar-refractivity contribution in [1.82, 2.24) is 0 Å². The molecule has 0 amide bonds. The Morgan fingerprint density at radius 3 is 2.83 bits per heavy atom. The molecule has 4 heteroatoms. The zero-order valence-electron chi connectivity index (χ0n) is 9.57. The van der Waals surface area contributed by atoms with Gasteiger partial charge in [-0.05, 0) is 52.5 Å². The van der Waals surface area contributed by atoms with Gasteiger partial charge in [0.05, 0.1) is 4.88 Å². The summed E-state index contributed by atoms with van der Waals surface area (Å²) in [7, 11) is 0. The molecule has 0 aliphatic carbocycles. The Balaban J connectivity index is 2.10. The molecule has 2 aromatic heterocycles. The fourth-order valence-corrected chi connectivity index (χ4v) is 3.34. The van der Waals surface area contributed by atoms with E-state index in [0.717, 1.165) is 21.0 Å². The topological polar surface area (TPSA) is 30.2 Å². The Bertz CT molecular complexity index is 739. The molecule has 0 fully saturated rings. The van der Waals surface area contributed by atoms with Crippen LogP contribution in [0.5, 0.6) is 0 Å². The van der Waals surface area contributed by atoms with Gasteiger partial charge in [-0.15, -0.1) is 11.3 Å². The van der Waals surface area contributed by atoms with Crippen LogP contribution in [-0.4, -0.2) is 5.78 Å². The van der Waals surface area contributed by atoms with Crippen molar-refractivity contribution in [3.05, 3.63) is 56.4 Å². The van der Waals surface area contributed by atoms with Crippen molar-refractivity contribution < 1.29 is 9.21 Å². The van der Waals surface area contributed by atoms with Crippen LogP contribution in [-0.2, 0) is 0 Å². The molecule has 0 N–H and O–H groups in total. The van der Waals surface area contributed by atoms with Crippen LogP contribution in [0.1, 0.15) is 21.0 Å². The lowest BCUT2D eigenvalue weighted by Gasteiger charge is -1.93. The van der Waals surface area contributed by atoms with Crippen molar-refractivity contribution in [3.63, 3.8) is 0 Å². The zero-order valence-corrected chi connectivity index (χ0v) is 12.0. The minimum atomic E-state index is -0.0780. The van der Waals surface area contributed by atoms with E-state index in [1.807, 2.05) is 36.6 Å². The summed E-state index contributed by atoms with van der Waals surface area (Å²) in [5.74, 6) is 0.310. The quantitative estimate of drug-likeness (QED) is 0.635. The first-order valence-electron chi connectivity index (χ1n) is 5.43. The number of thiophene rings is 1. The van der Waals surface area contributed by atoms with E-state index in [0.29, 0.717) is 10.6 Å². The summed E-state index contributed by atoms with van der Waals surface area (Å²) in [4.78, 5) is 12.9. The number of aryl methyl sites for hydroxylation is 1. The van der Waals surface area contributed by atoms with Crippen LogP contribution in [0.25, 0.3) is 11.0 Å². The van der Waals surface area contributed by atoms with Crippen molar-refractivity contribution in [1.29, 1.82) is 0 Å². The van der Waals surface area contributed by atoms with Crippen LogP contribution in [0.2, 0.25) is 0 Å². The van der Waals surface area contributed by atoms with Crippen molar-refractivity contribution in [2.45, 2.75) is 6.92 Å². The summed E-state index contributed by atoms with van der Waals surface area (Å²) in [5, 5.41) is 2.84. The molecule has 3 rings (SSSR count). The molecule has 0 saturated carbocycles. The lowest BCUT2D eigenvalue weighted by Crippen LogP contribution is -1.96. The highest BCUT2D eigenvalue weighted by Gasteiger charge is 2.18. The van der Waals surface area contributed by atoms with Crippen molar-refractivity contribution in [2.75, 3.05) is 0 Å². The summed E-state index contributed by atoms with van der Waals surface area (Å²) in [6.07, 6.45) is 0. The zero-order chi connectivity index (χ0) is 12.7. The summed E-state index contributed by atoms with van der Waals surface area (Å²) >= 11 is 4.78. The summed E-state index contributed by atoms with van der Waals surface area (Å²) in [5.41, 5.74) is 1.90. The van der Waals surface area contributed by atoms with Gasteiger partial charge in [0.25, 0.3) is 0 Å². The lowest BCUT2D eigenvalue weighted by atomic mass is 10.1. The third-order valence-electron chi connectivity index (χ3n) is 2.72. The van der Waals surface area contributed by atoms with Crippen molar-refractivity contribution in [2.24, 2.45) is 0 Å². The van der Waals surface area contributed by atoms with E-state index in [1.54, 1.807) is 6.07 Å². The molecule has 2 nitrogen and oxygen atoms in total. The minimum Gasteiger partial charge on any atom is -0.453 e. The second kappa shape index (κ2) is 4.37. The van der Waals surface area contributed by atoms with Crippen molar-refractivity contribution in [3.8, 4) is 0 Å². The van der Waals surface area contributed by atoms with Gasteiger partial charge in [-0.3, -0.25) is 4.79 Å². The van der Waals surface area contributed by atoms with E-state index in [1.165, 1.54) is 11.3 Å². The molecule has 0 aliphatic heterocycles. The third-order valence-corrected chi connectivity index (χ3v) is 4.56. The Morgan fingerprint density at radius 1 is 1.28 bits per heavy atom. The summed E-state index contributed by atoms with van der Waals surface area (Å²) < 4.78 is 6.41. The van der Waals surface area contributed by atoms with Gasteiger partial charge < -0.3 is 4.42 Å². The average molecular weight is 321 g/mol. The second-order valence-electron chi connectivity index (χ2n) is 4.08. The third kappa shape index (κ3) is 1.91. The Morgan fingerprint density at radius 2 is 2.11 bits per heavy atom. The first-order chi connectivity index (χ1) is 8.65. The first kappa shape index (κ1) is 11.7. The maximum Gasteiger partial charge on any atom is 0.239 e. The van der Waals surface area contributed by atoms with Crippen LogP contribution < -0.4 is 0 Å². The van der Waals surface area contributed by atoms with Gasteiger partial charge in [-0.25, -0.2) is 0 Å². The molecule has 1 aromatic carbocycles. The number of benzene rings is 1. The summed E-state index contributed by atoms with van der Waals surface area (Å²) in [6.45, 7) is 2.02. The van der Waals surface area contributed by atoms with Crippen molar-refractivity contribution >= 4 is 44.0 Å². The number of halogens is 1. The monoisotopic (exact) mass is 320 g/mol. The molecular formula is C14H9BrO2S. The van der Waals surface area contributed by atoms with Crippen LogP contribution in [0.4, 0.5) is 0 Å². The van der Waals surface area contributed by atoms with Crippen LogP contribution in [0.15, 0.2) is 44.6 Å². The predicted octanol–water partition coefficient (Wildman–Crippen LogP) is 4.80. The van der Waals surface area contributed by atoms with Gasteiger partial charge in [0.15, 0.2) is 5.76 Å². The normalized spacial score (nSPS) is 11.0. The molecule has 18 heavy (non-hydrogen) atoms. The molecule has 0 atom stereocenters. The molecule has 0 saturated heterocycles. The van der Waals surface area contributed by atoms with Crippen LogP contribution in [0.3, 0.4) is 0 Å². The summed E-state index contributed by atoms with van der Waals surface area (Å²) in [6, 6.07) is 9.55. The van der Waals surface area contributed by atoms with Gasteiger partial charge in [0, 0.05) is 9.86 Å². The van der Waals surface area contributed by atoms with Gasteiger partial charge in [0.2, 0.25) is 5.78 Å². The predicted molar refractivity (Wildman–Crippen MR) is 76.4 cm³/mol. The Hall–Kier alpha value is -1.39. The molecule has 0 spiro atoms. The Labute approximate surface area is 116 Å². The van der Waals surface area contributed by atoms with E-state index in [-0.39, 0.29) is 5.78 Å². The number of fused-ring (bicyclic) bond motifs is 1. The van der Waals surface area contributed by atoms with E-state index in [9.17, 15) is 4.79 Å². The fourth-order valence-electron chi connectivity index (χ4n) is 1.84. The van der Waals surface area contributed by atoms with Gasteiger partial charge in [-0.1, -0.05) is 11.6 Å². The minimum absolute atomic E-state index is 0.0780. The number of hydrogen-bond acceptors (Lipinski definition) is 3. The number of hydrogen-bond donors (Lipinski definition) is 0. The number of carbonyl (C=O) groups is 1. The maximum atomic E-state index is 12.3. The molecule has 2 heterocycles. The lowest BCUT2D eigenvalue weighted by molar-refractivity contribution is 0.101. The highest BCUT2D eigenvalue weighted by Crippen LogP contribution is 2.28. The molecule has 0 bridgehead atoms. The fraction of sp³-hybridized carbons (Fsp3) is 0.0714. The van der Waals surface area contributed by atoms with Crippen LogP contribution >= 0.6 is 27.3 Å². The highest BCUT2D eigenvalue weighted by molar-refractivity contribution is 9.10. The molecule has 3 aromatic rings. The second-order valence-corrected chi connectivity index (χ2v) is 5.85. The van der Waals surface area contributed by atoms with E-state index in [4.69, 9.17) is 4.42 Å². The van der Waals surface area contributed by atoms with E-state index >= 15 is 0 Å². The van der Waals surface area contributed by atoms with Crippen LogP contribution in [0, 0.1) is 6.92 Å². The van der Waals surface area contributed by atoms with E-state index in [2.05, 4.69) is 15.9 Å². The smallest absolute Gasteiger partial charge is 0.239 e. The Kier molecular flexibility index (Phi) is 2.84. The van der Waals surface area contributed by atoms with Gasteiger partial charge >= 0.3 is 0 Å². The molecule has 0 radical (unpaired) electrons. The molecular weight excluding hydrogens is 312 g/mol. The number of carbonyl (C=O) groups excluding carboxylic acids is 1. The largest absolute Gasteiger partial charge is 0.453 e. The van der Waals surface area contributed by atoms with Gasteiger partial charge in [0.1, 0.15) is 5.58 Å². The maximum absolute atomic E-state index is 12.3. The molecule has 0 unspecified atom stereocenters. The number of rotatable bonds is 2. The molecule has 0 aliphatic rings. The number of ketones is 1. The first-order valence-corrected chi connectivity index (χ1v) is 7.10. The highest BCUT2D eigenvalue weighted by atomic mass is 79.9. The molecule has 90 valence electrons. The standard InChI is InChI=1S/C14H9BrO2S/c1-8-2-3-11-9(6-8)7-12(17-11)13(16)14-10(15)4-5-18-14/h2-7H,1H3. The van der Waals surface area contributed by atoms with Gasteiger partial charge in [-0.2, -0.15) is 0 Å². The number of furan rings is 1. The average Bonchev–Trinajstić information content (AvgIpc) is 2.93. The van der Waals surface area contributed by atoms with E-state index < -0.39 is 0 Å².